The SMILES string of the molecule is COc1cc(C(=O)N2CCC3(CC2)NC(=O)c2cc(-c4nnn[nH]4)ccc2N3)nc2c(OC)cccc12. The summed E-state index contributed by atoms with van der Waals surface area (Å²) in [5.41, 5.74) is 2.16. The number of nitrogens with one attached hydrogen (secondary N) is 3. The van der Waals surface area contributed by atoms with Crippen LogP contribution in [0.1, 0.15) is 33.7 Å². The average molecular weight is 501 g/mol. The predicted molar refractivity (Wildman–Crippen MR) is 133 cm³/mol. The molecule has 188 valence electrons. The topological polar surface area (TPSA) is 147 Å². The molecular weight excluding hydrogens is 476 g/mol. The Balaban J connectivity index is 1.21. The highest BCUT2D eigenvalue weighted by Gasteiger charge is 2.41. The Morgan fingerprint density at radius 2 is 1.84 bits per heavy atom. The monoisotopic (exact) mass is 500 g/mol. The molecule has 37 heavy (non-hydrogen) atoms. The van der Waals surface area contributed by atoms with Gasteiger partial charge in [-0.2, -0.15) is 0 Å². The maximum atomic E-state index is 13.4. The van der Waals surface area contributed by atoms with Crippen LogP contribution in [0.25, 0.3) is 22.3 Å². The van der Waals surface area contributed by atoms with E-state index in [4.69, 9.17) is 9.47 Å². The number of carbonyl (C=O) groups is 2. The van der Waals surface area contributed by atoms with Gasteiger partial charge in [0.1, 0.15) is 28.4 Å². The molecule has 4 heterocycles. The van der Waals surface area contributed by atoms with Crippen LogP contribution in [0, 0.1) is 0 Å². The fourth-order valence-electron chi connectivity index (χ4n) is 4.98. The van der Waals surface area contributed by atoms with E-state index in [1.54, 1.807) is 37.3 Å². The highest BCUT2D eigenvalue weighted by atomic mass is 16.5. The third-order valence-electron chi connectivity index (χ3n) is 6.94. The summed E-state index contributed by atoms with van der Waals surface area (Å²) >= 11 is 0. The number of rotatable bonds is 4. The first-order chi connectivity index (χ1) is 18.0. The van der Waals surface area contributed by atoms with Crippen molar-refractivity contribution in [3.05, 3.63) is 53.7 Å². The van der Waals surface area contributed by atoms with Crippen molar-refractivity contribution in [2.24, 2.45) is 0 Å². The minimum Gasteiger partial charge on any atom is -0.496 e. The highest BCUT2D eigenvalue weighted by molar-refractivity contribution is 6.03. The van der Waals surface area contributed by atoms with Crippen molar-refractivity contribution >= 4 is 28.4 Å². The molecule has 1 fully saturated rings. The summed E-state index contributed by atoms with van der Waals surface area (Å²) in [6.45, 7) is 0.883. The number of tetrazole rings is 1. The van der Waals surface area contributed by atoms with Gasteiger partial charge in [-0.15, -0.1) is 5.10 Å². The Morgan fingerprint density at radius 3 is 2.57 bits per heavy atom. The number of pyridine rings is 1. The number of H-pyrrole nitrogens is 1. The smallest absolute Gasteiger partial charge is 0.272 e. The van der Waals surface area contributed by atoms with Gasteiger partial charge in [0, 0.05) is 48.6 Å². The van der Waals surface area contributed by atoms with Gasteiger partial charge in [0.2, 0.25) is 0 Å². The first-order valence-electron chi connectivity index (χ1n) is 11.8. The third kappa shape index (κ3) is 3.86. The zero-order chi connectivity index (χ0) is 25.6. The summed E-state index contributed by atoms with van der Waals surface area (Å²) in [6, 6.07) is 12.6. The van der Waals surface area contributed by atoms with Crippen molar-refractivity contribution in [2.45, 2.75) is 18.5 Å². The summed E-state index contributed by atoms with van der Waals surface area (Å²) in [5.74, 6) is 1.22. The van der Waals surface area contributed by atoms with Gasteiger partial charge in [0.05, 0.1) is 19.8 Å². The lowest BCUT2D eigenvalue weighted by Gasteiger charge is -2.45. The van der Waals surface area contributed by atoms with Crippen molar-refractivity contribution in [1.29, 1.82) is 0 Å². The van der Waals surface area contributed by atoms with Gasteiger partial charge >= 0.3 is 0 Å². The van der Waals surface area contributed by atoms with Gasteiger partial charge < -0.3 is 25.0 Å². The predicted octanol–water partition coefficient (Wildman–Crippen LogP) is 2.22. The fraction of sp³-hybridized carbons (Fsp3) is 0.280. The molecule has 0 saturated carbocycles. The number of aromatic nitrogens is 5. The van der Waals surface area contributed by atoms with Crippen molar-refractivity contribution in [2.75, 3.05) is 32.6 Å². The molecular formula is C25H24N8O4. The third-order valence-corrected chi connectivity index (χ3v) is 6.94. The molecule has 12 heteroatoms. The molecule has 2 aliphatic rings. The lowest BCUT2D eigenvalue weighted by molar-refractivity contribution is 0.0634. The molecule has 12 nitrogen and oxygen atoms in total. The second-order valence-corrected chi connectivity index (χ2v) is 9.03. The minimum absolute atomic E-state index is 0.184. The lowest BCUT2D eigenvalue weighted by atomic mass is 9.91. The van der Waals surface area contributed by atoms with Gasteiger partial charge in [0.25, 0.3) is 11.8 Å². The zero-order valence-electron chi connectivity index (χ0n) is 20.2. The number of benzene rings is 2. The Hall–Kier alpha value is -4.74. The van der Waals surface area contributed by atoms with E-state index < -0.39 is 5.66 Å². The van der Waals surface area contributed by atoms with E-state index in [-0.39, 0.29) is 17.5 Å². The molecule has 3 N–H and O–H groups in total. The molecule has 2 amide bonds. The summed E-state index contributed by atoms with van der Waals surface area (Å²) in [7, 11) is 3.13. The Morgan fingerprint density at radius 1 is 1.03 bits per heavy atom. The van der Waals surface area contributed by atoms with E-state index >= 15 is 0 Å². The van der Waals surface area contributed by atoms with Gasteiger partial charge in [-0.3, -0.25) is 9.59 Å². The van der Waals surface area contributed by atoms with Gasteiger partial charge in [-0.1, -0.05) is 6.07 Å². The normalized spacial score (nSPS) is 16.2. The summed E-state index contributed by atoms with van der Waals surface area (Å²) in [4.78, 5) is 32.8. The number of carbonyl (C=O) groups excluding carboxylic acids is 2. The standard InChI is InChI=1S/C25H24N8O4/c1-36-19-5-3-4-15-20(37-2)13-18(26-21(15)19)24(35)33-10-8-25(9-11-33)27-17-7-6-14(22-29-31-32-30-22)12-16(17)23(34)28-25/h3-7,12-13,27H,8-11H2,1-2H3,(H,28,34)(H,29,30,31,32). The van der Waals surface area contributed by atoms with Crippen LogP contribution in [0.4, 0.5) is 5.69 Å². The Kier molecular flexibility index (Phi) is 5.36. The molecule has 1 spiro atoms. The van der Waals surface area contributed by atoms with Gasteiger partial charge in [0.15, 0.2) is 5.82 Å². The van der Waals surface area contributed by atoms with Crippen LogP contribution in [0.3, 0.4) is 0 Å². The summed E-state index contributed by atoms with van der Waals surface area (Å²) in [6.07, 6.45) is 1.07. The summed E-state index contributed by atoms with van der Waals surface area (Å²) in [5, 5.41) is 21.2. The molecule has 0 aliphatic carbocycles. The van der Waals surface area contributed by atoms with E-state index in [2.05, 4.69) is 36.2 Å². The van der Waals surface area contributed by atoms with Crippen LogP contribution in [0.15, 0.2) is 42.5 Å². The number of fused-ring (bicyclic) bond motifs is 2. The number of hydrogen-bond donors (Lipinski definition) is 3. The number of amides is 2. The summed E-state index contributed by atoms with van der Waals surface area (Å²) < 4.78 is 11.0. The maximum absolute atomic E-state index is 13.4. The molecule has 2 aromatic carbocycles. The average Bonchev–Trinajstić information content (AvgIpc) is 3.47. The zero-order valence-corrected chi connectivity index (χ0v) is 20.2. The van der Waals surface area contributed by atoms with E-state index in [9.17, 15) is 9.59 Å². The fourth-order valence-corrected chi connectivity index (χ4v) is 4.98. The minimum atomic E-state index is -0.645. The largest absolute Gasteiger partial charge is 0.496 e. The van der Waals surface area contributed by atoms with E-state index in [0.717, 1.165) is 11.1 Å². The highest BCUT2D eigenvalue weighted by Crippen LogP contribution is 2.35. The van der Waals surface area contributed by atoms with Crippen molar-refractivity contribution in [3.8, 4) is 22.9 Å². The van der Waals surface area contributed by atoms with Crippen LogP contribution in [0.2, 0.25) is 0 Å². The molecule has 2 aromatic heterocycles. The Labute approximate surface area is 211 Å². The Bertz CT molecular complexity index is 1510. The van der Waals surface area contributed by atoms with Crippen LogP contribution in [0.5, 0.6) is 11.5 Å². The van der Waals surface area contributed by atoms with Crippen LogP contribution >= 0.6 is 0 Å². The molecule has 0 bridgehead atoms. The number of nitrogens with zero attached hydrogens (tertiary/aromatic N) is 5. The number of anilines is 1. The van der Waals surface area contributed by atoms with Crippen molar-refractivity contribution in [1.82, 2.24) is 35.8 Å². The van der Waals surface area contributed by atoms with Crippen molar-refractivity contribution < 1.29 is 19.1 Å². The van der Waals surface area contributed by atoms with Gasteiger partial charge in [-0.05, 0) is 40.8 Å². The quantitative estimate of drug-likeness (QED) is 0.384. The number of piperidine rings is 1. The maximum Gasteiger partial charge on any atom is 0.272 e. The van der Waals surface area contributed by atoms with E-state index in [0.29, 0.717) is 59.9 Å². The van der Waals surface area contributed by atoms with Crippen LogP contribution < -0.4 is 20.1 Å². The van der Waals surface area contributed by atoms with Crippen LogP contribution in [-0.4, -0.2) is 75.3 Å². The lowest BCUT2D eigenvalue weighted by Crippen LogP contribution is -2.62. The second-order valence-electron chi connectivity index (χ2n) is 9.03. The molecule has 0 unspecified atom stereocenters. The molecule has 4 aromatic rings. The molecule has 6 rings (SSSR count). The number of para-hydroxylation sites is 1. The number of ether oxygens (including phenoxy) is 2. The van der Waals surface area contributed by atoms with Gasteiger partial charge in [-0.25, -0.2) is 10.1 Å². The van der Waals surface area contributed by atoms with Crippen LogP contribution in [-0.2, 0) is 0 Å². The van der Waals surface area contributed by atoms with Crippen molar-refractivity contribution in [3.63, 3.8) is 0 Å². The first kappa shape index (κ1) is 22.7. The molecule has 2 aliphatic heterocycles. The number of hydrogen-bond acceptors (Lipinski definition) is 9. The van der Waals surface area contributed by atoms with E-state index in [1.165, 1.54) is 0 Å². The number of likely N-dealkylation sites (tertiary alicyclic amines) is 1. The van der Waals surface area contributed by atoms with E-state index in [1.807, 2.05) is 24.3 Å². The second kappa shape index (κ2) is 8.73. The molecule has 0 radical (unpaired) electrons. The molecule has 0 atom stereocenters. The number of aromatic amines is 1. The number of methoxy groups -OCH3 is 2. The molecule has 1 saturated heterocycles. The first-order valence-corrected chi connectivity index (χ1v) is 11.8.